The number of aromatic nitrogens is 1. The monoisotopic (exact) mass is 295 g/mol. The largest absolute Gasteiger partial charge is 0.399 e. The van der Waals surface area contributed by atoms with E-state index in [1.54, 1.807) is 18.2 Å². The van der Waals surface area contributed by atoms with Gasteiger partial charge in [-0.25, -0.2) is 4.98 Å². The second-order valence-electron chi connectivity index (χ2n) is 4.43. The zero-order chi connectivity index (χ0) is 14.0. The highest BCUT2D eigenvalue weighted by atomic mass is 35.5. The van der Waals surface area contributed by atoms with E-state index >= 15 is 0 Å². The molecule has 0 aliphatic rings. The summed E-state index contributed by atoms with van der Waals surface area (Å²) in [6.07, 6.45) is 0. The van der Waals surface area contributed by atoms with Gasteiger partial charge in [0.25, 0.3) is 5.91 Å². The average molecular weight is 296 g/mol. The standard InChI is InChI=1S/C13H14ClN3OS/c1-7(2)11-6-19-13(16-11)17-12(18)9-5-8(15)3-4-10(9)14/h3-7H,15H2,1-2H3,(H,16,17,18). The Kier molecular flexibility index (Phi) is 4.07. The van der Waals surface area contributed by atoms with E-state index in [1.807, 2.05) is 5.38 Å². The number of halogens is 1. The van der Waals surface area contributed by atoms with Crippen molar-refractivity contribution in [2.45, 2.75) is 19.8 Å². The summed E-state index contributed by atoms with van der Waals surface area (Å²) in [6.45, 7) is 4.10. The molecule has 0 saturated heterocycles. The molecule has 2 rings (SSSR count). The van der Waals surface area contributed by atoms with Crippen LogP contribution in [0.15, 0.2) is 23.6 Å². The smallest absolute Gasteiger partial charge is 0.259 e. The van der Waals surface area contributed by atoms with Crippen LogP contribution in [0.5, 0.6) is 0 Å². The Morgan fingerprint density at radius 3 is 2.84 bits per heavy atom. The van der Waals surface area contributed by atoms with Gasteiger partial charge in [0.05, 0.1) is 16.3 Å². The number of carbonyl (C=O) groups excluding carboxylic acids is 1. The number of nitrogens with zero attached hydrogens (tertiary/aromatic N) is 1. The molecular weight excluding hydrogens is 282 g/mol. The summed E-state index contributed by atoms with van der Waals surface area (Å²) >= 11 is 7.37. The summed E-state index contributed by atoms with van der Waals surface area (Å²) in [5.74, 6) is 0.0276. The predicted octanol–water partition coefficient (Wildman–Crippen LogP) is 3.75. The van der Waals surface area contributed by atoms with Gasteiger partial charge in [0.15, 0.2) is 5.13 Å². The number of thiazole rings is 1. The third-order valence-electron chi connectivity index (χ3n) is 2.57. The zero-order valence-electron chi connectivity index (χ0n) is 10.6. The topological polar surface area (TPSA) is 68.0 Å². The second-order valence-corrected chi connectivity index (χ2v) is 5.69. The van der Waals surface area contributed by atoms with Gasteiger partial charge in [0, 0.05) is 11.1 Å². The van der Waals surface area contributed by atoms with Gasteiger partial charge in [-0.15, -0.1) is 11.3 Å². The minimum absolute atomic E-state index is 0.304. The molecule has 6 heteroatoms. The Morgan fingerprint density at radius 2 is 2.21 bits per heavy atom. The normalized spacial score (nSPS) is 10.7. The van der Waals surface area contributed by atoms with Crippen molar-refractivity contribution in [2.75, 3.05) is 11.1 Å². The summed E-state index contributed by atoms with van der Waals surface area (Å²) in [6, 6.07) is 4.81. The lowest BCUT2D eigenvalue weighted by Gasteiger charge is -2.05. The summed E-state index contributed by atoms with van der Waals surface area (Å²) in [7, 11) is 0. The van der Waals surface area contributed by atoms with Crippen molar-refractivity contribution in [3.63, 3.8) is 0 Å². The molecule has 0 unspecified atom stereocenters. The van der Waals surface area contributed by atoms with Crippen molar-refractivity contribution >= 4 is 39.7 Å². The molecule has 1 aromatic heterocycles. The SMILES string of the molecule is CC(C)c1csc(NC(=O)c2cc(N)ccc2Cl)n1. The van der Waals surface area contributed by atoms with Crippen LogP contribution < -0.4 is 11.1 Å². The van der Waals surface area contributed by atoms with Crippen LogP contribution in [0.4, 0.5) is 10.8 Å². The molecule has 19 heavy (non-hydrogen) atoms. The van der Waals surface area contributed by atoms with Crippen molar-refractivity contribution in [3.05, 3.63) is 39.9 Å². The molecule has 0 aliphatic heterocycles. The number of rotatable bonds is 3. The summed E-state index contributed by atoms with van der Waals surface area (Å²) in [5.41, 5.74) is 7.46. The van der Waals surface area contributed by atoms with E-state index in [4.69, 9.17) is 17.3 Å². The lowest BCUT2D eigenvalue weighted by Crippen LogP contribution is -2.12. The fourth-order valence-corrected chi connectivity index (χ4v) is 2.56. The van der Waals surface area contributed by atoms with Crippen LogP contribution in [0.25, 0.3) is 0 Å². The van der Waals surface area contributed by atoms with Crippen molar-refractivity contribution < 1.29 is 4.79 Å². The van der Waals surface area contributed by atoms with Crippen LogP contribution in [-0.2, 0) is 0 Å². The van der Waals surface area contributed by atoms with Crippen molar-refractivity contribution in [1.29, 1.82) is 0 Å². The molecule has 0 fully saturated rings. The number of hydrogen-bond donors (Lipinski definition) is 2. The average Bonchev–Trinajstić information content (AvgIpc) is 2.80. The maximum Gasteiger partial charge on any atom is 0.259 e. The fourth-order valence-electron chi connectivity index (χ4n) is 1.49. The lowest BCUT2D eigenvalue weighted by molar-refractivity contribution is 0.102. The number of benzene rings is 1. The van der Waals surface area contributed by atoms with Crippen LogP contribution >= 0.6 is 22.9 Å². The van der Waals surface area contributed by atoms with Crippen LogP contribution in [0.1, 0.15) is 35.8 Å². The second kappa shape index (κ2) is 5.59. The molecule has 2 aromatic rings. The van der Waals surface area contributed by atoms with Crippen molar-refractivity contribution in [2.24, 2.45) is 0 Å². The Labute approximate surface area is 120 Å². The van der Waals surface area contributed by atoms with Crippen LogP contribution in [0, 0.1) is 0 Å². The molecule has 1 aromatic carbocycles. The van der Waals surface area contributed by atoms with Crippen LogP contribution in [0.3, 0.4) is 0 Å². The Morgan fingerprint density at radius 1 is 1.47 bits per heavy atom. The first kappa shape index (κ1) is 13.8. The molecule has 4 nitrogen and oxygen atoms in total. The molecule has 0 bridgehead atoms. The van der Waals surface area contributed by atoms with E-state index in [0.717, 1.165) is 5.69 Å². The molecular formula is C13H14ClN3OS. The van der Waals surface area contributed by atoms with Crippen molar-refractivity contribution in [1.82, 2.24) is 4.98 Å². The summed E-state index contributed by atoms with van der Waals surface area (Å²) < 4.78 is 0. The molecule has 100 valence electrons. The highest BCUT2D eigenvalue weighted by Gasteiger charge is 2.13. The quantitative estimate of drug-likeness (QED) is 0.847. The summed E-state index contributed by atoms with van der Waals surface area (Å²) in [4.78, 5) is 16.4. The lowest BCUT2D eigenvalue weighted by atomic mass is 10.2. The zero-order valence-corrected chi connectivity index (χ0v) is 12.2. The molecule has 0 spiro atoms. The van der Waals surface area contributed by atoms with Gasteiger partial charge in [-0.05, 0) is 24.1 Å². The van der Waals surface area contributed by atoms with Crippen LogP contribution in [-0.4, -0.2) is 10.9 Å². The predicted molar refractivity (Wildman–Crippen MR) is 80.0 cm³/mol. The first-order valence-electron chi connectivity index (χ1n) is 5.79. The van der Waals surface area contributed by atoms with Crippen molar-refractivity contribution in [3.8, 4) is 0 Å². The van der Waals surface area contributed by atoms with E-state index in [2.05, 4.69) is 24.1 Å². The molecule has 0 saturated carbocycles. The minimum Gasteiger partial charge on any atom is -0.399 e. The van der Waals surface area contributed by atoms with Gasteiger partial charge in [-0.3, -0.25) is 10.1 Å². The molecule has 3 N–H and O–H groups in total. The molecule has 1 amide bonds. The highest BCUT2D eigenvalue weighted by Crippen LogP contribution is 2.24. The molecule has 1 heterocycles. The van der Waals surface area contributed by atoms with E-state index in [-0.39, 0.29) is 5.91 Å². The van der Waals surface area contributed by atoms with Gasteiger partial charge >= 0.3 is 0 Å². The maximum atomic E-state index is 12.1. The Balaban J connectivity index is 2.18. The molecule has 0 aliphatic carbocycles. The first-order valence-corrected chi connectivity index (χ1v) is 7.05. The van der Waals surface area contributed by atoms with E-state index in [1.165, 1.54) is 11.3 Å². The van der Waals surface area contributed by atoms with Gasteiger partial charge in [0.1, 0.15) is 0 Å². The van der Waals surface area contributed by atoms with E-state index in [0.29, 0.717) is 27.3 Å². The minimum atomic E-state index is -0.304. The van der Waals surface area contributed by atoms with Gasteiger partial charge in [-0.1, -0.05) is 25.4 Å². The van der Waals surface area contributed by atoms with Gasteiger partial charge in [-0.2, -0.15) is 0 Å². The number of hydrogen-bond acceptors (Lipinski definition) is 4. The van der Waals surface area contributed by atoms with Gasteiger partial charge < -0.3 is 5.73 Å². The number of nitrogens with two attached hydrogens (primary N) is 1. The number of carbonyl (C=O) groups is 1. The number of anilines is 2. The third-order valence-corrected chi connectivity index (χ3v) is 3.67. The first-order chi connectivity index (χ1) is 8.97. The number of nitrogens with one attached hydrogen (secondary N) is 1. The molecule has 0 radical (unpaired) electrons. The van der Waals surface area contributed by atoms with Crippen LogP contribution in [0.2, 0.25) is 5.02 Å². The maximum absolute atomic E-state index is 12.1. The Bertz CT molecular complexity index is 610. The summed E-state index contributed by atoms with van der Waals surface area (Å²) in [5, 5.41) is 5.59. The van der Waals surface area contributed by atoms with E-state index < -0.39 is 0 Å². The van der Waals surface area contributed by atoms with E-state index in [9.17, 15) is 4.79 Å². The Hall–Kier alpha value is -1.59. The van der Waals surface area contributed by atoms with Gasteiger partial charge in [0.2, 0.25) is 0 Å². The number of nitrogen functional groups attached to an aromatic ring is 1. The molecule has 0 atom stereocenters. The number of amides is 1. The highest BCUT2D eigenvalue weighted by molar-refractivity contribution is 7.14. The fraction of sp³-hybridized carbons (Fsp3) is 0.231. The third kappa shape index (κ3) is 3.24.